The molecule has 0 spiro atoms. The number of ether oxygens (including phenoxy) is 1. The fourth-order valence-electron chi connectivity index (χ4n) is 1.38. The molecule has 0 aliphatic carbocycles. The van der Waals surface area contributed by atoms with E-state index >= 15 is 0 Å². The highest BCUT2D eigenvalue weighted by atomic mass is 16.5. The van der Waals surface area contributed by atoms with Gasteiger partial charge >= 0.3 is 5.97 Å². The normalized spacial score (nSPS) is 13.6. The van der Waals surface area contributed by atoms with Crippen LogP contribution in [0.1, 0.15) is 33.6 Å². The lowest BCUT2D eigenvalue weighted by Crippen LogP contribution is -2.70. The third-order valence-electron chi connectivity index (χ3n) is 2.32. The zero-order chi connectivity index (χ0) is 13.4. The largest absolute Gasteiger partial charge is 0.456 e. The molecule has 0 aromatic heterocycles. The van der Waals surface area contributed by atoms with Crippen LogP contribution in [0.25, 0.3) is 0 Å². The molecule has 0 rings (SSSR count). The molecular formula is C11H21N2O4+. The maximum atomic E-state index is 11.3. The fourth-order valence-corrected chi connectivity index (χ4v) is 1.38. The van der Waals surface area contributed by atoms with Crippen molar-refractivity contribution in [1.82, 2.24) is 5.32 Å². The van der Waals surface area contributed by atoms with Crippen LogP contribution in [-0.4, -0.2) is 36.4 Å². The van der Waals surface area contributed by atoms with E-state index in [0.29, 0.717) is 13.0 Å². The third-order valence-corrected chi connectivity index (χ3v) is 2.32. The van der Waals surface area contributed by atoms with Crippen molar-refractivity contribution in [3.63, 3.8) is 0 Å². The van der Waals surface area contributed by atoms with E-state index in [1.54, 1.807) is 0 Å². The van der Waals surface area contributed by atoms with Crippen LogP contribution in [0.4, 0.5) is 0 Å². The van der Waals surface area contributed by atoms with Crippen LogP contribution < -0.4 is 11.1 Å². The first kappa shape index (κ1) is 15.6. The second-order valence-electron chi connectivity index (χ2n) is 3.86. The first-order chi connectivity index (χ1) is 7.88. The van der Waals surface area contributed by atoms with E-state index in [1.165, 1.54) is 13.8 Å². The van der Waals surface area contributed by atoms with Gasteiger partial charge in [0.15, 0.2) is 17.9 Å². The molecule has 0 aromatic rings. The zero-order valence-electron chi connectivity index (χ0n) is 10.6. The van der Waals surface area contributed by atoms with Crippen LogP contribution in [-0.2, 0) is 19.1 Å². The summed E-state index contributed by atoms with van der Waals surface area (Å²) >= 11 is 0. The van der Waals surface area contributed by atoms with Gasteiger partial charge in [0.25, 0.3) is 0 Å². The topological polar surface area (TPSA) is 100 Å². The van der Waals surface area contributed by atoms with Gasteiger partial charge in [-0.1, -0.05) is 0 Å². The number of ketones is 1. The van der Waals surface area contributed by atoms with Crippen LogP contribution in [0.3, 0.4) is 0 Å². The SMILES string of the molecule is CCNC(=O)CCC(OC(C)=O)C([NH3+])C(C)=O. The monoisotopic (exact) mass is 245 g/mol. The number of quaternary nitrogens is 1. The molecule has 6 nitrogen and oxygen atoms in total. The molecule has 0 bridgehead atoms. The van der Waals surface area contributed by atoms with Crippen LogP contribution in [0.2, 0.25) is 0 Å². The van der Waals surface area contributed by atoms with E-state index < -0.39 is 18.1 Å². The summed E-state index contributed by atoms with van der Waals surface area (Å²) in [6.07, 6.45) is -0.114. The molecule has 0 aliphatic rings. The number of carbonyl (C=O) groups is 3. The van der Waals surface area contributed by atoms with Crippen molar-refractivity contribution in [3.8, 4) is 0 Å². The average Bonchev–Trinajstić information content (AvgIpc) is 2.23. The minimum Gasteiger partial charge on any atom is -0.456 e. The Kier molecular flexibility index (Phi) is 7.13. The van der Waals surface area contributed by atoms with Gasteiger partial charge in [0.2, 0.25) is 5.91 Å². The number of rotatable bonds is 7. The maximum absolute atomic E-state index is 11.3. The van der Waals surface area contributed by atoms with Crippen molar-refractivity contribution < 1.29 is 24.9 Å². The van der Waals surface area contributed by atoms with Crippen molar-refractivity contribution in [1.29, 1.82) is 0 Å². The highest BCUT2D eigenvalue weighted by molar-refractivity contribution is 5.81. The Morgan fingerprint density at radius 1 is 1.29 bits per heavy atom. The smallest absolute Gasteiger partial charge is 0.303 e. The lowest BCUT2D eigenvalue weighted by atomic mass is 10.0. The molecule has 2 atom stereocenters. The quantitative estimate of drug-likeness (QED) is 0.564. The molecule has 0 radical (unpaired) electrons. The first-order valence-electron chi connectivity index (χ1n) is 5.65. The molecule has 98 valence electrons. The van der Waals surface area contributed by atoms with Crippen molar-refractivity contribution in [2.24, 2.45) is 0 Å². The lowest BCUT2D eigenvalue weighted by molar-refractivity contribution is -0.420. The molecular weight excluding hydrogens is 224 g/mol. The van der Waals surface area contributed by atoms with Gasteiger partial charge in [0.05, 0.1) is 0 Å². The summed E-state index contributed by atoms with van der Waals surface area (Å²) in [6, 6.07) is -0.631. The number of esters is 1. The Bertz CT molecular complexity index is 291. The molecule has 0 aromatic carbocycles. The number of carbonyl (C=O) groups excluding carboxylic acids is 3. The highest BCUT2D eigenvalue weighted by Crippen LogP contribution is 2.07. The number of Topliss-reactive ketones (excluding diaryl/α,β-unsaturated/α-hetero) is 1. The van der Waals surface area contributed by atoms with Gasteiger partial charge < -0.3 is 15.8 Å². The Morgan fingerprint density at radius 3 is 2.29 bits per heavy atom. The minimum atomic E-state index is -0.632. The van der Waals surface area contributed by atoms with Gasteiger partial charge in [-0.25, -0.2) is 0 Å². The van der Waals surface area contributed by atoms with Gasteiger partial charge in [-0.3, -0.25) is 14.4 Å². The number of hydrogen-bond acceptors (Lipinski definition) is 4. The van der Waals surface area contributed by atoms with Gasteiger partial charge in [-0.05, 0) is 13.3 Å². The molecule has 2 unspecified atom stereocenters. The minimum absolute atomic E-state index is 0.125. The molecule has 4 N–H and O–H groups in total. The van der Waals surface area contributed by atoms with Crippen LogP contribution in [0.15, 0.2) is 0 Å². The summed E-state index contributed by atoms with van der Waals surface area (Å²) in [6.45, 7) is 5.03. The van der Waals surface area contributed by atoms with Crippen molar-refractivity contribution in [2.45, 2.75) is 45.8 Å². The number of nitrogens with one attached hydrogen (secondary N) is 1. The van der Waals surface area contributed by atoms with Crippen molar-refractivity contribution >= 4 is 17.7 Å². The molecule has 6 heteroatoms. The maximum Gasteiger partial charge on any atom is 0.303 e. The van der Waals surface area contributed by atoms with Gasteiger partial charge in [0, 0.05) is 26.8 Å². The Balaban J connectivity index is 4.33. The molecule has 0 aliphatic heterocycles. The van der Waals surface area contributed by atoms with E-state index in [-0.39, 0.29) is 18.1 Å². The summed E-state index contributed by atoms with van der Waals surface area (Å²) in [5.41, 5.74) is 3.66. The van der Waals surface area contributed by atoms with Gasteiger partial charge in [-0.15, -0.1) is 0 Å². The Morgan fingerprint density at radius 2 is 1.88 bits per heavy atom. The van der Waals surface area contributed by atoms with E-state index in [4.69, 9.17) is 4.74 Å². The lowest BCUT2D eigenvalue weighted by Gasteiger charge is -2.18. The molecule has 17 heavy (non-hydrogen) atoms. The summed E-state index contributed by atoms with van der Waals surface area (Å²) in [7, 11) is 0. The zero-order valence-corrected chi connectivity index (χ0v) is 10.6. The summed E-state index contributed by atoms with van der Waals surface area (Å²) in [5, 5.41) is 2.64. The number of amides is 1. The predicted octanol–water partition coefficient (Wildman–Crippen LogP) is -0.966. The highest BCUT2D eigenvalue weighted by Gasteiger charge is 2.28. The van der Waals surface area contributed by atoms with E-state index in [0.717, 1.165) is 0 Å². The van der Waals surface area contributed by atoms with Crippen LogP contribution >= 0.6 is 0 Å². The second kappa shape index (κ2) is 7.78. The van der Waals surface area contributed by atoms with Crippen molar-refractivity contribution in [2.75, 3.05) is 6.54 Å². The van der Waals surface area contributed by atoms with E-state index in [9.17, 15) is 14.4 Å². The molecule has 0 heterocycles. The van der Waals surface area contributed by atoms with Gasteiger partial charge in [-0.2, -0.15) is 0 Å². The average molecular weight is 245 g/mol. The first-order valence-corrected chi connectivity index (χ1v) is 5.65. The molecule has 1 amide bonds. The molecule has 0 fully saturated rings. The predicted molar refractivity (Wildman–Crippen MR) is 60.8 cm³/mol. The summed E-state index contributed by atoms with van der Waals surface area (Å²) in [5.74, 6) is -0.756. The summed E-state index contributed by atoms with van der Waals surface area (Å²) < 4.78 is 5.00. The Hall–Kier alpha value is -1.43. The molecule has 0 saturated heterocycles. The van der Waals surface area contributed by atoms with Crippen LogP contribution in [0, 0.1) is 0 Å². The van der Waals surface area contributed by atoms with E-state index in [2.05, 4.69) is 11.1 Å². The van der Waals surface area contributed by atoms with Gasteiger partial charge in [0.1, 0.15) is 0 Å². The third kappa shape index (κ3) is 6.68. The Labute approximate surface area is 101 Å². The fraction of sp³-hybridized carbons (Fsp3) is 0.727. The molecule has 0 saturated carbocycles. The standard InChI is InChI=1S/C11H20N2O4/c1-4-13-10(16)6-5-9(17-8(3)15)11(12)7(2)14/h9,11H,4-6,12H2,1-3H3,(H,13,16)/p+1. The summed E-state index contributed by atoms with van der Waals surface area (Å²) in [4.78, 5) is 33.3. The van der Waals surface area contributed by atoms with E-state index in [1.807, 2.05) is 6.92 Å². The second-order valence-corrected chi connectivity index (χ2v) is 3.86. The number of hydrogen-bond donors (Lipinski definition) is 2. The van der Waals surface area contributed by atoms with Crippen LogP contribution in [0.5, 0.6) is 0 Å². The van der Waals surface area contributed by atoms with Crippen molar-refractivity contribution in [3.05, 3.63) is 0 Å².